The van der Waals surface area contributed by atoms with Crippen LogP contribution in [0.25, 0.3) is 0 Å². The first kappa shape index (κ1) is 22.7. The zero-order valence-electron chi connectivity index (χ0n) is 15.6. The Balaban J connectivity index is 0.000000232. The summed E-state index contributed by atoms with van der Waals surface area (Å²) in [6.07, 6.45) is 6.02. The van der Waals surface area contributed by atoms with E-state index in [9.17, 15) is 29.8 Å². The third-order valence-corrected chi connectivity index (χ3v) is 4.39. The molecule has 9 nitrogen and oxygen atoms in total. The lowest BCUT2D eigenvalue weighted by Gasteiger charge is -2.09. The highest BCUT2D eigenvalue weighted by atomic mass is 35.5. The van der Waals surface area contributed by atoms with E-state index in [2.05, 4.69) is 12.2 Å². The van der Waals surface area contributed by atoms with Gasteiger partial charge in [0, 0.05) is 29.8 Å². The summed E-state index contributed by atoms with van der Waals surface area (Å²) in [6.45, 7) is 0.392. The maximum absolute atomic E-state index is 11.7. The molecule has 0 bridgehead atoms. The molecule has 0 N–H and O–H groups in total. The Kier molecular flexibility index (Phi) is 8.18. The molecule has 156 valence electrons. The fourth-order valence-corrected chi connectivity index (χ4v) is 2.65. The van der Waals surface area contributed by atoms with Gasteiger partial charge >= 0.3 is 5.97 Å². The van der Waals surface area contributed by atoms with Crippen LogP contribution in [0.3, 0.4) is 0 Å². The van der Waals surface area contributed by atoms with Crippen LogP contribution in [0.2, 0.25) is 0 Å². The van der Waals surface area contributed by atoms with E-state index in [1.807, 2.05) is 0 Å². The van der Waals surface area contributed by atoms with Gasteiger partial charge in [-0.2, -0.15) is 0 Å². The van der Waals surface area contributed by atoms with Gasteiger partial charge < -0.3 is 4.74 Å². The average Bonchev–Trinajstić information content (AvgIpc) is 3.26. The molecule has 0 amide bonds. The topological polar surface area (TPSA) is 130 Å². The Hall–Kier alpha value is -3.59. The number of nitro groups is 2. The van der Waals surface area contributed by atoms with Crippen molar-refractivity contribution < 1.29 is 24.2 Å². The van der Waals surface area contributed by atoms with E-state index in [0.29, 0.717) is 18.1 Å². The molecule has 2 aromatic carbocycles. The van der Waals surface area contributed by atoms with Gasteiger partial charge in [-0.25, -0.2) is 4.79 Å². The minimum absolute atomic E-state index is 0.0356. The Morgan fingerprint density at radius 1 is 0.867 bits per heavy atom. The summed E-state index contributed by atoms with van der Waals surface area (Å²) in [5, 5.41) is 20.0. The summed E-state index contributed by atoms with van der Waals surface area (Å²) in [4.78, 5) is 41.8. The first-order chi connectivity index (χ1) is 14.3. The Morgan fingerprint density at radius 3 is 1.70 bits per heavy atom. The van der Waals surface area contributed by atoms with E-state index < -0.39 is 21.1 Å². The van der Waals surface area contributed by atoms with Crippen LogP contribution in [-0.2, 0) is 4.74 Å². The van der Waals surface area contributed by atoms with Gasteiger partial charge in [0.1, 0.15) is 0 Å². The quantitative estimate of drug-likeness (QED) is 0.213. The van der Waals surface area contributed by atoms with Crippen molar-refractivity contribution in [2.45, 2.75) is 12.8 Å². The molecule has 0 atom stereocenters. The van der Waals surface area contributed by atoms with Crippen molar-refractivity contribution in [1.82, 2.24) is 0 Å². The highest BCUT2D eigenvalue weighted by molar-refractivity contribution is 6.67. The smallest absolute Gasteiger partial charge is 0.338 e. The summed E-state index contributed by atoms with van der Waals surface area (Å²) < 4.78 is 5.16. The number of hydrogen-bond acceptors (Lipinski definition) is 7. The van der Waals surface area contributed by atoms with Crippen molar-refractivity contribution in [3.63, 3.8) is 0 Å². The third kappa shape index (κ3) is 6.78. The highest BCUT2D eigenvalue weighted by Gasteiger charge is 2.15. The molecule has 1 aliphatic carbocycles. The summed E-state index contributed by atoms with van der Waals surface area (Å²) in [6, 6.07) is 10.5. The Bertz CT molecular complexity index is 915. The number of nitrogens with zero attached hydrogens (tertiary/aromatic N) is 2. The van der Waals surface area contributed by atoms with Gasteiger partial charge in [0.05, 0.1) is 22.0 Å². The van der Waals surface area contributed by atoms with Gasteiger partial charge in [0.15, 0.2) is 0 Å². The molecular formula is C20H17ClN2O7. The molecule has 0 aliphatic heterocycles. The summed E-state index contributed by atoms with van der Waals surface area (Å²) in [5.74, 6) is -0.0659. The molecule has 0 heterocycles. The standard InChI is InChI=1S/C13H13NO4.C7H4ClNO3/c15-13(18-9-10-3-1-2-4-10)11-5-7-12(8-6-11)14(16)17;8-7(10)5-1-3-6(4-2-5)9(11)12/h1-2,5-8,10H,3-4,9H2;1-4H. The minimum atomic E-state index is -0.620. The van der Waals surface area contributed by atoms with E-state index in [1.54, 1.807) is 0 Å². The number of allylic oxidation sites excluding steroid dienone is 2. The molecule has 0 saturated carbocycles. The van der Waals surface area contributed by atoms with Crippen molar-refractivity contribution in [3.05, 3.63) is 92.0 Å². The van der Waals surface area contributed by atoms with Crippen molar-refractivity contribution in [2.75, 3.05) is 6.61 Å². The number of rotatable bonds is 6. The fourth-order valence-electron chi connectivity index (χ4n) is 2.52. The molecule has 0 radical (unpaired) electrons. The van der Waals surface area contributed by atoms with Gasteiger partial charge in [-0.3, -0.25) is 25.0 Å². The monoisotopic (exact) mass is 432 g/mol. The fraction of sp³-hybridized carbons (Fsp3) is 0.200. The Morgan fingerprint density at radius 2 is 1.30 bits per heavy atom. The van der Waals surface area contributed by atoms with Crippen LogP contribution < -0.4 is 0 Å². The lowest BCUT2D eigenvalue weighted by molar-refractivity contribution is -0.385. The van der Waals surface area contributed by atoms with Crippen LogP contribution >= 0.6 is 11.6 Å². The first-order valence-electron chi connectivity index (χ1n) is 8.78. The van der Waals surface area contributed by atoms with Crippen LogP contribution in [0.15, 0.2) is 60.7 Å². The second kappa shape index (κ2) is 10.8. The minimum Gasteiger partial charge on any atom is -0.462 e. The summed E-state index contributed by atoms with van der Waals surface area (Å²) in [7, 11) is 0. The molecule has 3 rings (SSSR count). The number of ether oxygens (including phenoxy) is 1. The van der Waals surface area contributed by atoms with Crippen LogP contribution in [0, 0.1) is 26.1 Å². The van der Waals surface area contributed by atoms with Gasteiger partial charge in [-0.1, -0.05) is 12.2 Å². The number of non-ortho nitro benzene ring substituents is 2. The number of benzene rings is 2. The van der Waals surface area contributed by atoms with Gasteiger partial charge in [-0.05, 0) is 54.6 Å². The SMILES string of the molecule is O=C(Cl)c1ccc([N+](=O)[O-])cc1.O=C(OCC1CC=CC1)c1ccc([N+](=O)[O-])cc1. The van der Waals surface area contributed by atoms with E-state index in [1.165, 1.54) is 48.5 Å². The molecule has 30 heavy (non-hydrogen) atoms. The second-order valence-electron chi connectivity index (χ2n) is 6.29. The van der Waals surface area contributed by atoms with Crippen LogP contribution in [-0.4, -0.2) is 27.7 Å². The molecule has 2 aromatic rings. The molecule has 0 fully saturated rings. The average molecular weight is 433 g/mol. The van der Waals surface area contributed by atoms with Crippen molar-refractivity contribution in [1.29, 1.82) is 0 Å². The van der Waals surface area contributed by atoms with E-state index in [0.717, 1.165) is 12.8 Å². The lowest BCUT2D eigenvalue weighted by Crippen LogP contribution is -2.12. The third-order valence-electron chi connectivity index (χ3n) is 4.17. The van der Waals surface area contributed by atoms with Gasteiger partial charge in [0.2, 0.25) is 0 Å². The lowest BCUT2D eigenvalue weighted by atomic mass is 10.1. The zero-order chi connectivity index (χ0) is 22.1. The molecule has 1 aliphatic rings. The molecule has 10 heteroatoms. The number of esters is 1. The predicted octanol–water partition coefficient (Wildman–Crippen LogP) is 4.69. The number of carbonyl (C=O) groups is 2. The highest BCUT2D eigenvalue weighted by Crippen LogP contribution is 2.19. The first-order valence-corrected chi connectivity index (χ1v) is 9.16. The van der Waals surface area contributed by atoms with Crippen molar-refractivity contribution in [3.8, 4) is 0 Å². The van der Waals surface area contributed by atoms with Gasteiger partial charge in [-0.15, -0.1) is 0 Å². The van der Waals surface area contributed by atoms with Crippen molar-refractivity contribution in [2.24, 2.45) is 5.92 Å². The summed E-state index contributed by atoms with van der Waals surface area (Å²) >= 11 is 5.13. The van der Waals surface area contributed by atoms with Gasteiger partial charge in [0.25, 0.3) is 16.6 Å². The number of carbonyl (C=O) groups excluding carboxylic acids is 2. The maximum Gasteiger partial charge on any atom is 0.338 e. The maximum atomic E-state index is 11.7. The molecular weight excluding hydrogens is 416 g/mol. The summed E-state index contributed by atoms with van der Waals surface area (Å²) in [5.41, 5.74) is 0.497. The Labute approximate surface area is 176 Å². The van der Waals surface area contributed by atoms with Crippen LogP contribution in [0.1, 0.15) is 33.6 Å². The largest absolute Gasteiger partial charge is 0.462 e. The molecule has 0 aromatic heterocycles. The number of nitro benzene ring substituents is 2. The van der Waals surface area contributed by atoms with Crippen molar-refractivity contribution >= 4 is 34.2 Å². The second-order valence-corrected chi connectivity index (χ2v) is 6.63. The number of hydrogen-bond donors (Lipinski definition) is 0. The molecule has 0 saturated heterocycles. The van der Waals surface area contributed by atoms with E-state index in [-0.39, 0.29) is 16.9 Å². The molecule has 0 spiro atoms. The normalized spacial score (nSPS) is 12.6. The molecule has 0 unspecified atom stereocenters. The van der Waals surface area contributed by atoms with Crippen LogP contribution in [0.4, 0.5) is 11.4 Å². The van der Waals surface area contributed by atoms with E-state index >= 15 is 0 Å². The predicted molar refractivity (Wildman–Crippen MR) is 109 cm³/mol. The van der Waals surface area contributed by atoms with E-state index in [4.69, 9.17) is 16.3 Å². The number of halogens is 1. The zero-order valence-corrected chi connectivity index (χ0v) is 16.4. The van der Waals surface area contributed by atoms with Crippen LogP contribution in [0.5, 0.6) is 0 Å².